The molecule has 0 aromatic carbocycles. The molecule has 100 valence electrons. The lowest BCUT2D eigenvalue weighted by Gasteiger charge is -2.37. The molecule has 1 aliphatic heterocycles. The zero-order valence-corrected chi connectivity index (χ0v) is 11.5. The second-order valence-electron chi connectivity index (χ2n) is 5.79. The molecule has 4 heteroatoms. The number of hydrogen-bond donors (Lipinski definition) is 1. The van der Waals surface area contributed by atoms with E-state index in [1.165, 1.54) is 0 Å². The summed E-state index contributed by atoms with van der Waals surface area (Å²) in [4.78, 5) is 6.28. The van der Waals surface area contributed by atoms with Crippen LogP contribution in [0.3, 0.4) is 0 Å². The Labute approximate surface area is 108 Å². The molecular weight excluding hydrogens is 229 g/mol. The van der Waals surface area contributed by atoms with Crippen LogP contribution in [0.5, 0.6) is 0 Å². The standard InChI is InChI=1S/C14H22FN3/c1-14(2)5-8-18(9-6-14)13-12(15)11(10-16-3)4-7-17-13/h4,7,16H,5-6,8-10H2,1-3H3. The first-order valence-corrected chi connectivity index (χ1v) is 6.56. The molecule has 1 aromatic rings. The maximum absolute atomic E-state index is 14.3. The summed E-state index contributed by atoms with van der Waals surface area (Å²) in [6.45, 7) is 6.86. The fraction of sp³-hybridized carbons (Fsp3) is 0.643. The molecule has 0 bridgehead atoms. The van der Waals surface area contributed by atoms with Gasteiger partial charge in [0.2, 0.25) is 0 Å². The van der Waals surface area contributed by atoms with Crippen molar-refractivity contribution in [2.75, 3.05) is 25.0 Å². The van der Waals surface area contributed by atoms with Crippen molar-refractivity contribution in [2.45, 2.75) is 33.2 Å². The van der Waals surface area contributed by atoms with E-state index in [0.717, 1.165) is 25.9 Å². The monoisotopic (exact) mass is 251 g/mol. The summed E-state index contributed by atoms with van der Waals surface area (Å²) in [6.07, 6.45) is 3.87. The van der Waals surface area contributed by atoms with Crippen LogP contribution in [0.1, 0.15) is 32.3 Å². The number of hydrogen-bond acceptors (Lipinski definition) is 3. The van der Waals surface area contributed by atoms with Gasteiger partial charge in [-0.25, -0.2) is 9.37 Å². The number of anilines is 1. The summed E-state index contributed by atoms with van der Waals surface area (Å²) in [5.41, 5.74) is 1.06. The molecule has 0 saturated carbocycles. The summed E-state index contributed by atoms with van der Waals surface area (Å²) in [5.74, 6) is 0.338. The third-order valence-electron chi connectivity index (χ3n) is 3.73. The van der Waals surface area contributed by atoms with Crippen molar-refractivity contribution >= 4 is 5.82 Å². The Morgan fingerprint density at radius 2 is 2.06 bits per heavy atom. The van der Waals surface area contributed by atoms with E-state index >= 15 is 0 Å². The number of piperidine rings is 1. The van der Waals surface area contributed by atoms with Crippen LogP contribution in [0, 0.1) is 11.2 Å². The maximum Gasteiger partial charge on any atom is 0.170 e. The molecule has 18 heavy (non-hydrogen) atoms. The van der Waals surface area contributed by atoms with E-state index in [1.54, 1.807) is 12.3 Å². The number of nitrogens with zero attached hydrogens (tertiary/aromatic N) is 2. The Bertz CT molecular complexity index is 408. The molecule has 1 N–H and O–H groups in total. The third-order valence-corrected chi connectivity index (χ3v) is 3.73. The lowest BCUT2D eigenvalue weighted by molar-refractivity contribution is 0.278. The van der Waals surface area contributed by atoms with Gasteiger partial charge in [-0.3, -0.25) is 0 Å². The minimum Gasteiger partial charge on any atom is -0.354 e. The highest BCUT2D eigenvalue weighted by Gasteiger charge is 2.27. The average molecular weight is 251 g/mol. The third kappa shape index (κ3) is 2.80. The first-order chi connectivity index (χ1) is 8.53. The topological polar surface area (TPSA) is 28.2 Å². The smallest absolute Gasteiger partial charge is 0.170 e. The molecule has 1 fully saturated rings. The van der Waals surface area contributed by atoms with Gasteiger partial charge in [-0.15, -0.1) is 0 Å². The number of pyridine rings is 1. The minimum atomic E-state index is -0.174. The normalized spacial score (nSPS) is 19.0. The highest BCUT2D eigenvalue weighted by Crippen LogP contribution is 2.32. The molecule has 2 heterocycles. The van der Waals surface area contributed by atoms with E-state index in [9.17, 15) is 4.39 Å². The van der Waals surface area contributed by atoms with Crippen LogP contribution < -0.4 is 10.2 Å². The highest BCUT2D eigenvalue weighted by atomic mass is 19.1. The van der Waals surface area contributed by atoms with Gasteiger partial charge in [0.25, 0.3) is 0 Å². The van der Waals surface area contributed by atoms with Crippen LogP contribution in [-0.4, -0.2) is 25.1 Å². The summed E-state index contributed by atoms with van der Waals surface area (Å²) in [5, 5.41) is 2.98. The van der Waals surface area contributed by atoms with E-state index < -0.39 is 0 Å². The molecule has 0 spiro atoms. The molecule has 0 atom stereocenters. The minimum absolute atomic E-state index is 0.174. The lowest BCUT2D eigenvalue weighted by atomic mass is 9.83. The van der Waals surface area contributed by atoms with Crippen molar-refractivity contribution < 1.29 is 4.39 Å². The van der Waals surface area contributed by atoms with Crippen LogP contribution in [-0.2, 0) is 6.54 Å². The molecule has 0 radical (unpaired) electrons. The highest BCUT2D eigenvalue weighted by molar-refractivity contribution is 5.43. The van der Waals surface area contributed by atoms with E-state index in [-0.39, 0.29) is 5.82 Å². The van der Waals surface area contributed by atoms with Gasteiger partial charge in [-0.05, 0) is 31.4 Å². The summed E-state index contributed by atoms with van der Waals surface area (Å²) < 4.78 is 14.3. The van der Waals surface area contributed by atoms with Gasteiger partial charge in [0.05, 0.1) is 0 Å². The lowest BCUT2D eigenvalue weighted by Crippen LogP contribution is -2.38. The van der Waals surface area contributed by atoms with E-state index in [2.05, 4.69) is 29.0 Å². The van der Waals surface area contributed by atoms with Gasteiger partial charge in [-0.1, -0.05) is 13.8 Å². The van der Waals surface area contributed by atoms with Crippen LogP contribution in [0.25, 0.3) is 0 Å². The first-order valence-electron chi connectivity index (χ1n) is 6.56. The molecule has 1 aliphatic rings. The van der Waals surface area contributed by atoms with Gasteiger partial charge in [-0.2, -0.15) is 0 Å². The Kier molecular flexibility index (Phi) is 3.85. The quantitative estimate of drug-likeness (QED) is 0.895. The molecule has 0 aliphatic carbocycles. The zero-order chi connectivity index (χ0) is 13.2. The number of halogens is 1. The van der Waals surface area contributed by atoms with Crippen molar-refractivity contribution in [1.29, 1.82) is 0 Å². The number of nitrogens with one attached hydrogen (secondary N) is 1. The SMILES string of the molecule is CNCc1ccnc(N2CCC(C)(C)CC2)c1F. The predicted molar refractivity (Wildman–Crippen MR) is 72.2 cm³/mol. The molecule has 0 amide bonds. The number of aromatic nitrogens is 1. The Hall–Kier alpha value is -1.16. The fourth-order valence-electron chi connectivity index (χ4n) is 2.34. The molecule has 0 unspecified atom stereocenters. The fourth-order valence-corrected chi connectivity index (χ4v) is 2.34. The molecule has 3 nitrogen and oxygen atoms in total. The van der Waals surface area contributed by atoms with Gasteiger partial charge in [0.15, 0.2) is 11.6 Å². The van der Waals surface area contributed by atoms with Crippen molar-refractivity contribution in [3.8, 4) is 0 Å². The van der Waals surface area contributed by atoms with Gasteiger partial charge >= 0.3 is 0 Å². The average Bonchev–Trinajstić information content (AvgIpc) is 2.33. The Morgan fingerprint density at radius 3 is 2.67 bits per heavy atom. The van der Waals surface area contributed by atoms with Crippen molar-refractivity contribution in [3.63, 3.8) is 0 Å². The van der Waals surface area contributed by atoms with Crippen LogP contribution in [0.2, 0.25) is 0 Å². The van der Waals surface area contributed by atoms with Gasteiger partial charge in [0.1, 0.15) is 0 Å². The van der Waals surface area contributed by atoms with Crippen molar-refractivity contribution in [1.82, 2.24) is 10.3 Å². The van der Waals surface area contributed by atoms with Crippen molar-refractivity contribution in [2.24, 2.45) is 5.41 Å². The molecular formula is C14H22FN3. The second kappa shape index (κ2) is 5.22. The molecule has 1 aromatic heterocycles. The predicted octanol–water partition coefficient (Wildman–Crippen LogP) is 2.57. The van der Waals surface area contributed by atoms with E-state index in [4.69, 9.17) is 0 Å². The maximum atomic E-state index is 14.3. The summed E-state index contributed by atoms with van der Waals surface area (Å²) >= 11 is 0. The van der Waals surface area contributed by atoms with E-state index in [1.807, 2.05) is 7.05 Å². The summed E-state index contributed by atoms with van der Waals surface area (Å²) in [7, 11) is 1.82. The number of rotatable bonds is 3. The molecule has 1 saturated heterocycles. The van der Waals surface area contributed by atoms with Gasteiger partial charge in [0, 0.05) is 31.4 Å². The zero-order valence-electron chi connectivity index (χ0n) is 11.5. The van der Waals surface area contributed by atoms with Gasteiger partial charge < -0.3 is 10.2 Å². The van der Waals surface area contributed by atoms with Crippen LogP contribution >= 0.6 is 0 Å². The Morgan fingerprint density at radius 1 is 1.39 bits per heavy atom. The van der Waals surface area contributed by atoms with Crippen LogP contribution in [0.4, 0.5) is 10.2 Å². The largest absolute Gasteiger partial charge is 0.354 e. The van der Waals surface area contributed by atoms with Crippen LogP contribution in [0.15, 0.2) is 12.3 Å². The first kappa shape index (κ1) is 13.3. The Balaban J connectivity index is 2.16. The molecule has 2 rings (SSSR count). The van der Waals surface area contributed by atoms with Crippen molar-refractivity contribution in [3.05, 3.63) is 23.6 Å². The summed E-state index contributed by atoms with van der Waals surface area (Å²) in [6, 6.07) is 1.74. The van der Waals surface area contributed by atoms with E-state index in [0.29, 0.717) is 23.3 Å². The second-order valence-corrected chi connectivity index (χ2v) is 5.79.